The number of thiophene rings is 1. The molecule has 140 valence electrons. The van der Waals surface area contributed by atoms with Gasteiger partial charge in [0.2, 0.25) is 5.82 Å². The number of aromatic carboxylic acids is 1. The van der Waals surface area contributed by atoms with Crippen molar-refractivity contribution in [3.8, 4) is 33.3 Å². The van der Waals surface area contributed by atoms with E-state index < -0.39 is 5.97 Å². The van der Waals surface area contributed by atoms with Gasteiger partial charge in [-0.2, -0.15) is 0 Å². The minimum absolute atomic E-state index is 0.00296. The smallest absolute Gasteiger partial charge is 0.372 e. The summed E-state index contributed by atoms with van der Waals surface area (Å²) in [6.07, 6.45) is 0.707. The number of ether oxygens (including phenoxy) is 2. The molecule has 6 nitrogen and oxygen atoms in total. The van der Waals surface area contributed by atoms with Gasteiger partial charge in [0.1, 0.15) is 5.69 Å². The van der Waals surface area contributed by atoms with Gasteiger partial charge in [0.25, 0.3) is 0 Å². The van der Waals surface area contributed by atoms with Gasteiger partial charge in [0, 0.05) is 12.1 Å². The lowest BCUT2D eigenvalue weighted by Gasteiger charge is -2.23. The molecule has 0 atom stereocenters. The summed E-state index contributed by atoms with van der Waals surface area (Å²) >= 11 is 1.55. The van der Waals surface area contributed by atoms with Crippen LogP contribution in [0.2, 0.25) is 0 Å². The van der Waals surface area contributed by atoms with Gasteiger partial charge in [-0.05, 0) is 49.4 Å². The van der Waals surface area contributed by atoms with Gasteiger partial charge in [-0.25, -0.2) is 9.78 Å². The van der Waals surface area contributed by atoms with Gasteiger partial charge in [0.05, 0.1) is 23.8 Å². The Bertz CT molecular complexity index is 1010. The summed E-state index contributed by atoms with van der Waals surface area (Å²) in [5.74, 6) is 0.386. The lowest BCUT2D eigenvalue weighted by molar-refractivity contribution is 0.0678. The lowest BCUT2D eigenvalue weighted by atomic mass is 9.96. The van der Waals surface area contributed by atoms with Crippen LogP contribution in [-0.2, 0) is 13.0 Å². The third-order valence-corrected chi connectivity index (χ3v) is 5.40. The molecule has 0 unspecified atom stereocenters. The van der Waals surface area contributed by atoms with Gasteiger partial charge >= 0.3 is 5.97 Å². The van der Waals surface area contributed by atoms with Crippen LogP contribution in [0.5, 0.6) is 11.5 Å². The van der Waals surface area contributed by atoms with Crippen molar-refractivity contribution in [2.45, 2.75) is 32.9 Å². The number of benzene rings is 1. The van der Waals surface area contributed by atoms with Crippen molar-refractivity contribution in [2.24, 2.45) is 0 Å². The Morgan fingerprint density at radius 3 is 2.78 bits per heavy atom. The van der Waals surface area contributed by atoms with Gasteiger partial charge in [-0.15, -0.1) is 11.3 Å². The molecule has 0 aliphatic carbocycles. The largest absolute Gasteiger partial charge is 0.493 e. The van der Waals surface area contributed by atoms with Crippen molar-refractivity contribution in [3.05, 3.63) is 41.0 Å². The topological polar surface area (TPSA) is 73.6 Å². The van der Waals surface area contributed by atoms with E-state index in [9.17, 15) is 9.90 Å². The first-order valence-corrected chi connectivity index (χ1v) is 9.63. The van der Waals surface area contributed by atoms with Gasteiger partial charge in [-0.3, -0.25) is 0 Å². The number of imidazole rings is 1. The van der Waals surface area contributed by atoms with Crippen molar-refractivity contribution >= 4 is 17.3 Å². The second-order valence-corrected chi connectivity index (χ2v) is 7.59. The normalized spacial score (nSPS) is 12.6. The second-order valence-electron chi connectivity index (χ2n) is 6.64. The first-order valence-electron chi connectivity index (χ1n) is 8.75. The number of carboxylic acids is 1. The van der Waals surface area contributed by atoms with Crippen LogP contribution in [0.25, 0.3) is 21.8 Å². The lowest BCUT2D eigenvalue weighted by Crippen LogP contribution is -2.17. The summed E-state index contributed by atoms with van der Waals surface area (Å²) in [6.45, 7) is 4.49. The molecule has 0 radical (unpaired) electrons. The molecule has 1 aromatic carbocycles. The second kappa shape index (κ2) is 6.74. The first-order chi connectivity index (χ1) is 13.0. The molecule has 7 heteroatoms. The van der Waals surface area contributed by atoms with Crippen LogP contribution < -0.4 is 9.47 Å². The molecule has 0 saturated carbocycles. The van der Waals surface area contributed by atoms with Crippen LogP contribution in [0.15, 0.2) is 29.6 Å². The number of hydrogen-bond donors (Lipinski definition) is 1. The van der Waals surface area contributed by atoms with Crippen molar-refractivity contribution in [1.82, 2.24) is 9.55 Å². The van der Waals surface area contributed by atoms with E-state index >= 15 is 0 Å². The highest BCUT2D eigenvalue weighted by molar-refractivity contribution is 7.13. The Morgan fingerprint density at radius 2 is 2.15 bits per heavy atom. The highest BCUT2D eigenvalue weighted by atomic mass is 32.1. The van der Waals surface area contributed by atoms with Crippen molar-refractivity contribution in [3.63, 3.8) is 0 Å². The zero-order valence-corrected chi connectivity index (χ0v) is 16.2. The van der Waals surface area contributed by atoms with Crippen LogP contribution in [0.4, 0.5) is 0 Å². The zero-order valence-electron chi connectivity index (χ0n) is 15.4. The first kappa shape index (κ1) is 17.6. The Hall–Kier alpha value is -2.80. The molecule has 0 amide bonds. The molecule has 1 aliphatic rings. The van der Waals surface area contributed by atoms with Crippen molar-refractivity contribution in [1.29, 1.82) is 0 Å². The highest BCUT2D eigenvalue weighted by Crippen LogP contribution is 2.44. The SMILES string of the molecule is COc1cc2c(cc1OC(C)C)-c1c(-c3cccs3)nc(C(=O)O)n1CC2. The number of methoxy groups -OCH3 is 1. The number of aryl methyl sites for hydroxylation is 1. The summed E-state index contributed by atoms with van der Waals surface area (Å²) < 4.78 is 13.2. The van der Waals surface area contributed by atoms with E-state index in [1.165, 1.54) is 0 Å². The van der Waals surface area contributed by atoms with E-state index in [1.807, 2.05) is 43.5 Å². The van der Waals surface area contributed by atoms with Crippen LogP contribution >= 0.6 is 11.3 Å². The van der Waals surface area contributed by atoms with E-state index in [0.717, 1.165) is 21.7 Å². The van der Waals surface area contributed by atoms with Crippen LogP contribution in [0.3, 0.4) is 0 Å². The molecule has 2 aromatic heterocycles. The Balaban J connectivity index is 1.97. The van der Waals surface area contributed by atoms with Gasteiger partial charge < -0.3 is 19.1 Å². The Kier molecular flexibility index (Phi) is 4.39. The predicted molar refractivity (Wildman–Crippen MR) is 104 cm³/mol. The van der Waals surface area contributed by atoms with Crippen molar-refractivity contribution in [2.75, 3.05) is 7.11 Å². The molecule has 1 aliphatic heterocycles. The van der Waals surface area contributed by atoms with E-state index in [2.05, 4.69) is 4.98 Å². The van der Waals surface area contributed by atoms with Gasteiger partial charge in [0.15, 0.2) is 11.5 Å². The van der Waals surface area contributed by atoms with E-state index in [4.69, 9.17) is 9.47 Å². The summed E-state index contributed by atoms with van der Waals surface area (Å²) in [7, 11) is 1.63. The molecule has 0 fully saturated rings. The van der Waals surface area contributed by atoms with E-state index in [0.29, 0.717) is 30.2 Å². The fraction of sp³-hybridized carbons (Fsp3) is 0.300. The van der Waals surface area contributed by atoms with Crippen molar-refractivity contribution < 1.29 is 19.4 Å². The maximum Gasteiger partial charge on any atom is 0.372 e. The number of aromatic nitrogens is 2. The summed E-state index contributed by atoms with van der Waals surface area (Å²) in [4.78, 5) is 17.2. The third-order valence-electron chi connectivity index (χ3n) is 4.53. The molecule has 27 heavy (non-hydrogen) atoms. The zero-order chi connectivity index (χ0) is 19.1. The predicted octanol–water partition coefficient (Wildman–Crippen LogP) is 4.33. The summed E-state index contributed by atoms with van der Waals surface area (Å²) in [5.41, 5.74) is 3.57. The van der Waals surface area contributed by atoms with Gasteiger partial charge in [-0.1, -0.05) is 6.07 Å². The third kappa shape index (κ3) is 2.98. The molecule has 0 bridgehead atoms. The number of nitrogens with zero attached hydrogens (tertiary/aromatic N) is 2. The molecular weight excluding hydrogens is 364 g/mol. The molecule has 0 saturated heterocycles. The minimum Gasteiger partial charge on any atom is -0.493 e. The van der Waals surface area contributed by atoms with Crippen LogP contribution in [0.1, 0.15) is 30.0 Å². The summed E-state index contributed by atoms with van der Waals surface area (Å²) in [6, 6.07) is 7.84. The minimum atomic E-state index is -1.02. The van der Waals surface area contributed by atoms with E-state index in [1.54, 1.807) is 23.0 Å². The molecule has 3 heterocycles. The quantitative estimate of drug-likeness (QED) is 0.709. The summed E-state index contributed by atoms with van der Waals surface area (Å²) in [5, 5.41) is 11.6. The number of rotatable bonds is 5. The monoisotopic (exact) mass is 384 g/mol. The number of fused-ring (bicyclic) bond motifs is 3. The maximum atomic E-state index is 11.8. The van der Waals surface area contributed by atoms with Crippen LogP contribution in [-0.4, -0.2) is 33.8 Å². The molecule has 3 aromatic rings. The molecule has 1 N–H and O–H groups in total. The average molecular weight is 384 g/mol. The standard InChI is InChI=1S/C20H20N2O4S/c1-11(2)26-15-10-13-12(9-14(15)25-3)6-7-22-18(13)17(16-5-4-8-27-16)21-19(22)20(23)24/h4-5,8-11H,6-7H2,1-3H3,(H,23,24). The Morgan fingerprint density at radius 1 is 1.33 bits per heavy atom. The van der Waals surface area contributed by atoms with Crippen LogP contribution in [0, 0.1) is 0 Å². The van der Waals surface area contributed by atoms with E-state index in [-0.39, 0.29) is 11.9 Å². The molecular formula is C20H20N2O4S. The Labute approximate surface area is 161 Å². The maximum absolute atomic E-state index is 11.8. The fourth-order valence-corrected chi connectivity index (χ4v) is 4.17. The highest BCUT2D eigenvalue weighted by Gasteiger charge is 2.29. The fourth-order valence-electron chi connectivity index (χ4n) is 3.46. The average Bonchev–Trinajstić information content (AvgIpc) is 3.28. The molecule has 4 rings (SSSR count). The number of hydrogen-bond acceptors (Lipinski definition) is 5. The number of carbonyl (C=O) groups is 1. The number of carboxylic acid groups (broad SMARTS) is 1. The molecule has 0 spiro atoms.